The molecule has 5 nitrogen and oxygen atoms in total. The first-order valence-corrected chi connectivity index (χ1v) is 7.35. The van der Waals surface area contributed by atoms with Gasteiger partial charge in [0.2, 0.25) is 9.84 Å². The Labute approximate surface area is 112 Å². The van der Waals surface area contributed by atoms with Crippen LogP contribution in [0.15, 0.2) is 39.6 Å². The van der Waals surface area contributed by atoms with Crippen molar-refractivity contribution in [2.24, 2.45) is 0 Å². The minimum atomic E-state index is -3.61. The number of nitrogens with one attached hydrogen (secondary N) is 1. The number of likely N-dealkylation sites (N-methyl/N-ethyl adjacent to an activating group) is 1. The maximum atomic E-state index is 12.5. The number of rotatable bonds is 2. The summed E-state index contributed by atoms with van der Waals surface area (Å²) in [4.78, 5) is 12.2. The molecule has 0 bridgehead atoms. The van der Waals surface area contributed by atoms with Crippen LogP contribution < -0.4 is 5.43 Å². The average Bonchev–Trinajstić information content (AvgIpc) is 2.36. The molecule has 0 saturated carbocycles. The maximum Gasteiger partial charge on any atom is 0.264 e. The third-order valence-electron chi connectivity index (χ3n) is 3.18. The fourth-order valence-electron chi connectivity index (χ4n) is 1.92. The SMILES string of the molecule is CC1=C(S(=O)(=O)c2ccc(C)cc2)CNN(C)C1=O. The Morgan fingerprint density at radius 2 is 1.74 bits per heavy atom. The van der Waals surface area contributed by atoms with Crippen LogP contribution in [0, 0.1) is 6.92 Å². The zero-order chi connectivity index (χ0) is 14.2. The molecule has 1 aliphatic rings. The van der Waals surface area contributed by atoms with Crippen LogP contribution in [0.4, 0.5) is 0 Å². The van der Waals surface area contributed by atoms with E-state index in [0.29, 0.717) is 0 Å². The highest BCUT2D eigenvalue weighted by molar-refractivity contribution is 7.95. The molecular formula is C13H16N2O3S. The van der Waals surface area contributed by atoms with Crippen molar-refractivity contribution in [1.82, 2.24) is 10.4 Å². The number of hydrogen-bond donors (Lipinski definition) is 1. The lowest BCUT2D eigenvalue weighted by atomic mass is 10.2. The molecular weight excluding hydrogens is 264 g/mol. The van der Waals surface area contributed by atoms with Crippen LogP contribution >= 0.6 is 0 Å². The number of hydrogen-bond acceptors (Lipinski definition) is 4. The van der Waals surface area contributed by atoms with E-state index in [4.69, 9.17) is 0 Å². The molecule has 1 heterocycles. The minimum absolute atomic E-state index is 0.129. The number of nitrogens with zero attached hydrogens (tertiary/aromatic N) is 1. The number of amides is 1. The molecule has 6 heteroatoms. The summed E-state index contributed by atoms with van der Waals surface area (Å²) in [7, 11) is -2.04. The van der Waals surface area contributed by atoms with Gasteiger partial charge in [-0.3, -0.25) is 9.80 Å². The van der Waals surface area contributed by atoms with Gasteiger partial charge in [-0.25, -0.2) is 13.8 Å². The quantitative estimate of drug-likeness (QED) is 0.878. The Morgan fingerprint density at radius 3 is 2.32 bits per heavy atom. The number of hydrazine groups is 1. The van der Waals surface area contributed by atoms with E-state index < -0.39 is 9.84 Å². The molecule has 0 saturated heterocycles. The first kappa shape index (κ1) is 13.8. The van der Waals surface area contributed by atoms with Crippen molar-refractivity contribution < 1.29 is 13.2 Å². The van der Waals surface area contributed by atoms with E-state index in [1.807, 2.05) is 6.92 Å². The predicted molar refractivity (Wildman–Crippen MR) is 71.8 cm³/mol. The van der Waals surface area contributed by atoms with Crippen molar-refractivity contribution in [1.29, 1.82) is 0 Å². The highest BCUT2D eigenvalue weighted by Gasteiger charge is 2.30. The van der Waals surface area contributed by atoms with Gasteiger partial charge in [-0.15, -0.1) is 0 Å². The standard InChI is InChI=1S/C13H16N2O3S/c1-9-4-6-11(7-5-9)19(17,18)12-8-14-15(3)13(16)10(12)2/h4-7,14H,8H2,1-3H3. The normalized spacial score (nSPS) is 17.0. The molecule has 1 aromatic rings. The second-order valence-electron chi connectivity index (χ2n) is 4.56. The van der Waals surface area contributed by atoms with E-state index in [1.54, 1.807) is 38.2 Å². The van der Waals surface area contributed by atoms with Crippen molar-refractivity contribution in [3.05, 3.63) is 40.3 Å². The highest BCUT2D eigenvalue weighted by Crippen LogP contribution is 2.24. The molecule has 0 aliphatic carbocycles. The smallest absolute Gasteiger partial charge is 0.264 e. The molecule has 1 aromatic carbocycles. The molecule has 0 radical (unpaired) electrons. The number of carbonyl (C=O) groups is 1. The Balaban J connectivity index is 2.51. The van der Waals surface area contributed by atoms with Gasteiger partial charge in [0.15, 0.2) is 0 Å². The monoisotopic (exact) mass is 280 g/mol. The summed E-state index contributed by atoms with van der Waals surface area (Å²) in [5, 5.41) is 1.30. The van der Waals surface area contributed by atoms with Crippen molar-refractivity contribution in [3.63, 3.8) is 0 Å². The fourth-order valence-corrected chi connectivity index (χ4v) is 3.45. The van der Waals surface area contributed by atoms with E-state index in [0.717, 1.165) is 5.56 Å². The average molecular weight is 280 g/mol. The lowest BCUT2D eigenvalue weighted by Gasteiger charge is -2.26. The molecule has 2 rings (SSSR count). The maximum absolute atomic E-state index is 12.5. The highest BCUT2D eigenvalue weighted by atomic mass is 32.2. The summed E-state index contributed by atoms with van der Waals surface area (Å²) in [5.41, 5.74) is 4.00. The third-order valence-corrected chi connectivity index (χ3v) is 5.17. The van der Waals surface area contributed by atoms with Gasteiger partial charge in [-0.1, -0.05) is 17.7 Å². The second-order valence-corrected chi connectivity index (χ2v) is 6.53. The van der Waals surface area contributed by atoms with Gasteiger partial charge in [0.25, 0.3) is 5.91 Å². The fraction of sp³-hybridized carbons (Fsp3) is 0.308. The lowest BCUT2D eigenvalue weighted by molar-refractivity contribution is -0.129. The summed E-state index contributed by atoms with van der Waals surface area (Å²) in [6.45, 7) is 3.56. The largest absolute Gasteiger partial charge is 0.277 e. The van der Waals surface area contributed by atoms with Gasteiger partial charge in [0.05, 0.1) is 16.3 Å². The molecule has 0 spiro atoms. The molecule has 19 heavy (non-hydrogen) atoms. The van der Waals surface area contributed by atoms with Gasteiger partial charge in [-0.2, -0.15) is 0 Å². The second kappa shape index (κ2) is 4.79. The van der Waals surface area contributed by atoms with Crippen molar-refractivity contribution in [2.75, 3.05) is 13.6 Å². The first-order chi connectivity index (χ1) is 8.84. The van der Waals surface area contributed by atoms with Crippen LogP contribution in [-0.4, -0.2) is 32.9 Å². The number of aryl methyl sites for hydroxylation is 1. The molecule has 1 amide bonds. The molecule has 1 N–H and O–H groups in total. The molecule has 1 aliphatic heterocycles. The lowest BCUT2D eigenvalue weighted by Crippen LogP contribution is -2.46. The predicted octanol–water partition coefficient (Wildman–Crippen LogP) is 1.02. The van der Waals surface area contributed by atoms with Gasteiger partial charge in [0, 0.05) is 12.6 Å². The topological polar surface area (TPSA) is 66.5 Å². The van der Waals surface area contributed by atoms with Crippen molar-refractivity contribution in [2.45, 2.75) is 18.7 Å². The summed E-state index contributed by atoms with van der Waals surface area (Å²) in [5.74, 6) is -0.322. The van der Waals surface area contributed by atoms with E-state index in [1.165, 1.54) is 5.01 Å². The van der Waals surface area contributed by atoms with Crippen LogP contribution in [0.1, 0.15) is 12.5 Å². The molecule has 0 aromatic heterocycles. The summed E-state index contributed by atoms with van der Waals surface area (Å²) in [6, 6.07) is 6.61. The zero-order valence-electron chi connectivity index (χ0n) is 11.1. The Kier molecular flexibility index (Phi) is 3.47. The minimum Gasteiger partial charge on any atom is -0.277 e. The van der Waals surface area contributed by atoms with Gasteiger partial charge in [0.1, 0.15) is 0 Å². The van der Waals surface area contributed by atoms with E-state index in [-0.39, 0.29) is 27.8 Å². The van der Waals surface area contributed by atoms with Crippen LogP contribution in [-0.2, 0) is 14.6 Å². The Morgan fingerprint density at radius 1 is 1.16 bits per heavy atom. The Bertz CT molecular complexity index is 645. The number of benzene rings is 1. The summed E-state index contributed by atoms with van der Waals surface area (Å²) >= 11 is 0. The van der Waals surface area contributed by atoms with E-state index in [9.17, 15) is 13.2 Å². The van der Waals surface area contributed by atoms with Crippen LogP contribution in [0.2, 0.25) is 0 Å². The van der Waals surface area contributed by atoms with Crippen molar-refractivity contribution >= 4 is 15.7 Å². The summed E-state index contributed by atoms with van der Waals surface area (Å²) < 4.78 is 25.0. The molecule has 102 valence electrons. The number of carbonyl (C=O) groups excluding carboxylic acids is 1. The van der Waals surface area contributed by atoms with Crippen LogP contribution in [0.3, 0.4) is 0 Å². The van der Waals surface area contributed by atoms with Gasteiger partial charge < -0.3 is 0 Å². The van der Waals surface area contributed by atoms with Crippen molar-refractivity contribution in [3.8, 4) is 0 Å². The van der Waals surface area contributed by atoms with Gasteiger partial charge >= 0.3 is 0 Å². The zero-order valence-corrected chi connectivity index (χ0v) is 11.9. The first-order valence-electron chi connectivity index (χ1n) is 5.87. The Hall–Kier alpha value is -1.66. The molecule has 0 unspecified atom stereocenters. The van der Waals surface area contributed by atoms with Gasteiger partial charge in [-0.05, 0) is 26.0 Å². The van der Waals surface area contributed by atoms with Crippen LogP contribution in [0.5, 0.6) is 0 Å². The molecule has 0 fully saturated rings. The number of sulfone groups is 1. The van der Waals surface area contributed by atoms with E-state index >= 15 is 0 Å². The molecule has 0 atom stereocenters. The van der Waals surface area contributed by atoms with E-state index in [2.05, 4.69) is 5.43 Å². The van der Waals surface area contributed by atoms with Crippen LogP contribution in [0.25, 0.3) is 0 Å². The third kappa shape index (κ3) is 2.41. The summed E-state index contributed by atoms with van der Waals surface area (Å²) in [6.07, 6.45) is 0.